The van der Waals surface area contributed by atoms with E-state index >= 15 is 0 Å². The van der Waals surface area contributed by atoms with Gasteiger partial charge in [0, 0.05) is 25.7 Å². The van der Waals surface area contributed by atoms with Gasteiger partial charge in [-0.05, 0) is 52.0 Å². The van der Waals surface area contributed by atoms with Gasteiger partial charge in [-0.15, -0.1) is 0 Å². The Morgan fingerprint density at radius 3 is 1.78 bits per heavy atom. The molecule has 0 bridgehead atoms. The molecular weight excluding hydrogens is 460 g/mol. The number of aliphatic carboxylic acids is 1. The Labute approximate surface area is 218 Å². The predicted molar refractivity (Wildman–Crippen MR) is 143 cm³/mol. The van der Waals surface area contributed by atoms with Crippen LogP contribution in [-0.4, -0.2) is 82.9 Å². The lowest BCUT2D eigenvalue weighted by atomic mass is 9.82. The Bertz CT molecular complexity index is 799. The second kappa shape index (κ2) is 13.8. The maximum Gasteiger partial charge on any atom is 0.331 e. The lowest BCUT2D eigenvalue weighted by Gasteiger charge is -2.47. The summed E-state index contributed by atoms with van der Waals surface area (Å²) in [5.74, 6) is -1.86. The summed E-state index contributed by atoms with van der Waals surface area (Å²) in [5.41, 5.74) is -2.39. The van der Waals surface area contributed by atoms with Crippen LogP contribution in [0, 0.1) is 5.41 Å². The lowest BCUT2D eigenvalue weighted by Crippen LogP contribution is -2.68. The van der Waals surface area contributed by atoms with E-state index in [2.05, 4.69) is 10.6 Å². The molecule has 3 amide bonds. The van der Waals surface area contributed by atoms with Crippen molar-refractivity contribution in [3.8, 4) is 0 Å². The maximum atomic E-state index is 14.0. The summed E-state index contributed by atoms with van der Waals surface area (Å²) in [6.07, 6.45) is 3.41. The van der Waals surface area contributed by atoms with Gasteiger partial charge in [-0.25, -0.2) is 4.79 Å². The highest BCUT2D eigenvalue weighted by atomic mass is 16.4. The molecule has 0 aliphatic rings. The highest BCUT2D eigenvalue weighted by Gasteiger charge is 2.49. The third kappa shape index (κ3) is 7.31. The Balaban J connectivity index is 6.34. The highest BCUT2D eigenvalue weighted by Crippen LogP contribution is 2.31. The van der Waals surface area contributed by atoms with Crippen molar-refractivity contribution in [2.45, 2.75) is 105 Å². The van der Waals surface area contributed by atoms with Crippen LogP contribution in [0.2, 0.25) is 0 Å². The average molecular weight is 511 g/mol. The molecule has 0 aromatic rings. The van der Waals surface area contributed by atoms with Crippen LogP contribution in [0.4, 0.5) is 0 Å². The lowest BCUT2D eigenvalue weighted by molar-refractivity contribution is -0.155. The zero-order chi connectivity index (χ0) is 28.5. The number of nitrogens with zero attached hydrogens (tertiary/aromatic N) is 2. The molecule has 0 rings (SSSR count). The summed E-state index contributed by atoms with van der Waals surface area (Å²) in [7, 11) is 3.35. The zero-order valence-corrected chi connectivity index (χ0v) is 24.4. The molecular formula is C27H50N4O5. The molecule has 0 aliphatic heterocycles. The van der Waals surface area contributed by atoms with Crippen LogP contribution in [0.25, 0.3) is 0 Å². The number of hydrogen-bond donors (Lipinski definition) is 3. The van der Waals surface area contributed by atoms with Crippen molar-refractivity contribution in [1.82, 2.24) is 20.4 Å². The Kier molecular flexibility index (Phi) is 12.8. The predicted octanol–water partition coefficient (Wildman–Crippen LogP) is 3.19. The van der Waals surface area contributed by atoms with Gasteiger partial charge >= 0.3 is 5.97 Å². The van der Waals surface area contributed by atoms with E-state index in [0.29, 0.717) is 32.2 Å². The second-order valence-electron chi connectivity index (χ2n) is 10.5. The SMILES string of the molecule is CCN(C(=O)C(CC)(CC)NC)C(CC)(CC)C(=O)NC(C(=O)N(C)C/C=C(\C)C(=O)O)C(C)(C)C. The quantitative estimate of drug-likeness (QED) is 0.309. The molecule has 0 saturated carbocycles. The minimum atomic E-state index is -1.12. The van der Waals surface area contributed by atoms with Gasteiger partial charge in [0.2, 0.25) is 17.7 Å². The standard InChI is InChI=1S/C27H50N4O5/c1-12-26(13-2,28-10)24(36)31(16-5)27(14-3,15-4)23(35)29-20(25(7,8)9)21(32)30(11)18-17-19(6)22(33)34/h17,20,28H,12-16,18H2,1-11H3,(H,29,35)(H,33,34)/b19-17+. The van der Waals surface area contributed by atoms with Crippen molar-refractivity contribution in [3.05, 3.63) is 11.6 Å². The van der Waals surface area contributed by atoms with Gasteiger partial charge < -0.3 is 25.5 Å². The first-order valence-electron chi connectivity index (χ1n) is 13.1. The first kappa shape index (κ1) is 33.6. The van der Waals surface area contributed by atoms with E-state index in [1.165, 1.54) is 17.9 Å². The number of carbonyl (C=O) groups is 4. The van der Waals surface area contributed by atoms with E-state index in [0.717, 1.165) is 0 Å². The molecule has 0 saturated heterocycles. The van der Waals surface area contributed by atoms with Crippen LogP contribution in [0.1, 0.15) is 88.0 Å². The number of carboxylic acids is 1. The number of hydrogen-bond acceptors (Lipinski definition) is 5. The molecule has 1 atom stereocenters. The minimum absolute atomic E-state index is 0.101. The van der Waals surface area contributed by atoms with Gasteiger partial charge in [-0.3, -0.25) is 14.4 Å². The molecule has 0 fully saturated rings. The van der Waals surface area contributed by atoms with Crippen molar-refractivity contribution in [1.29, 1.82) is 0 Å². The number of likely N-dealkylation sites (N-methyl/N-ethyl adjacent to an activating group) is 3. The van der Waals surface area contributed by atoms with Crippen LogP contribution in [0.3, 0.4) is 0 Å². The summed E-state index contributed by atoms with van der Waals surface area (Å²) in [5, 5.41) is 15.3. The molecule has 0 aliphatic carbocycles. The van der Waals surface area contributed by atoms with Crippen LogP contribution >= 0.6 is 0 Å². The minimum Gasteiger partial charge on any atom is -0.478 e. The van der Waals surface area contributed by atoms with Crippen LogP contribution in [-0.2, 0) is 19.2 Å². The van der Waals surface area contributed by atoms with Crippen molar-refractivity contribution in [2.24, 2.45) is 5.41 Å². The summed E-state index contributed by atoms with van der Waals surface area (Å²) in [6.45, 7) is 17.1. The van der Waals surface area contributed by atoms with Crippen LogP contribution in [0.15, 0.2) is 11.6 Å². The van der Waals surface area contributed by atoms with Gasteiger partial charge in [0.15, 0.2) is 0 Å². The van der Waals surface area contributed by atoms with Gasteiger partial charge in [0.25, 0.3) is 0 Å². The van der Waals surface area contributed by atoms with E-state index in [1.807, 2.05) is 55.4 Å². The number of amides is 3. The zero-order valence-electron chi connectivity index (χ0n) is 24.4. The molecule has 0 aromatic carbocycles. The summed E-state index contributed by atoms with van der Waals surface area (Å²) >= 11 is 0. The first-order valence-corrected chi connectivity index (χ1v) is 13.1. The van der Waals surface area contributed by atoms with Gasteiger partial charge in [0.1, 0.15) is 11.6 Å². The van der Waals surface area contributed by atoms with Crippen LogP contribution < -0.4 is 10.6 Å². The Hall–Kier alpha value is -2.42. The topological polar surface area (TPSA) is 119 Å². The number of nitrogens with one attached hydrogen (secondary N) is 2. The molecule has 3 N–H and O–H groups in total. The molecule has 0 aromatic heterocycles. The molecule has 0 radical (unpaired) electrons. The normalized spacial score (nSPS) is 13.7. The molecule has 0 heterocycles. The summed E-state index contributed by atoms with van der Waals surface area (Å²) in [6, 6.07) is -0.869. The largest absolute Gasteiger partial charge is 0.478 e. The van der Waals surface area contributed by atoms with E-state index in [1.54, 1.807) is 19.0 Å². The average Bonchev–Trinajstić information content (AvgIpc) is 2.83. The van der Waals surface area contributed by atoms with Gasteiger partial charge in [-0.1, -0.05) is 54.5 Å². The van der Waals surface area contributed by atoms with Gasteiger partial charge in [-0.2, -0.15) is 0 Å². The third-order valence-corrected chi connectivity index (χ3v) is 7.54. The van der Waals surface area contributed by atoms with E-state index in [4.69, 9.17) is 5.11 Å². The number of carbonyl (C=O) groups excluding carboxylic acids is 3. The molecule has 9 heteroatoms. The Morgan fingerprint density at radius 1 is 0.944 bits per heavy atom. The molecule has 0 spiro atoms. The summed E-state index contributed by atoms with van der Waals surface area (Å²) < 4.78 is 0. The highest BCUT2D eigenvalue weighted by molar-refractivity contribution is 5.97. The smallest absolute Gasteiger partial charge is 0.331 e. The van der Waals surface area contributed by atoms with E-state index in [-0.39, 0.29) is 29.8 Å². The van der Waals surface area contributed by atoms with E-state index in [9.17, 15) is 19.2 Å². The molecule has 36 heavy (non-hydrogen) atoms. The third-order valence-electron chi connectivity index (χ3n) is 7.54. The number of carboxylic acid groups (broad SMARTS) is 1. The summed E-state index contributed by atoms with van der Waals surface area (Å²) in [4.78, 5) is 55.4. The number of rotatable bonds is 14. The fourth-order valence-electron chi connectivity index (χ4n) is 4.57. The molecule has 9 nitrogen and oxygen atoms in total. The monoisotopic (exact) mass is 510 g/mol. The van der Waals surface area contributed by atoms with Gasteiger partial charge in [0.05, 0.1) is 5.54 Å². The second-order valence-corrected chi connectivity index (χ2v) is 10.5. The van der Waals surface area contributed by atoms with Crippen molar-refractivity contribution in [2.75, 3.05) is 27.2 Å². The molecule has 1 unspecified atom stereocenters. The fourth-order valence-corrected chi connectivity index (χ4v) is 4.57. The molecule has 208 valence electrons. The van der Waals surface area contributed by atoms with Crippen molar-refractivity contribution >= 4 is 23.7 Å². The van der Waals surface area contributed by atoms with Crippen LogP contribution in [0.5, 0.6) is 0 Å². The fraction of sp³-hybridized carbons (Fsp3) is 0.778. The maximum absolute atomic E-state index is 14.0. The van der Waals surface area contributed by atoms with Crippen molar-refractivity contribution in [3.63, 3.8) is 0 Å². The first-order chi connectivity index (χ1) is 16.6. The van der Waals surface area contributed by atoms with Crippen molar-refractivity contribution < 1.29 is 24.3 Å². The Morgan fingerprint density at radius 2 is 1.44 bits per heavy atom. The van der Waals surface area contributed by atoms with E-state index < -0.39 is 28.5 Å².